The van der Waals surface area contributed by atoms with Gasteiger partial charge in [0.2, 0.25) is 5.91 Å². The first-order chi connectivity index (χ1) is 13.8. The fourth-order valence-corrected chi connectivity index (χ4v) is 5.21. The van der Waals surface area contributed by atoms with Crippen molar-refractivity contribution in [2.24, 2.45) is 0 Å². The summed E-state index contributed by atoms with van der Waals surface area (Å²) >= 11 is 1.31. The average molecular weight is 422 g/mol. The average Bonchev–Trinajstić information content (AvgIpc) is 3.11. The highest BCUT2D eigenvalue weighted by atomic mass is 32.1. The van der Waals surface area contributed by atoms with Crippen LogP contribution in [0.25, 0.3) is 0 Å². The van der Waals surface area contributed by atoms with Crippen LogP contribution in [-0.2, 0) is 20.7 Å². The summed E-state index contributed by atoms with van der Waals surface area (Å²) in [6, 6.07) is -0.533. The number of thiophene rings is 1. The van der Waals surface area contributed by atoms with E-state index in [2.05, 4.69) is 10.6 Å². The molecule has 2 N–H and O–H groups in total. The van der Waals surface area contributed by atoms with Crippen molar-refractivity contribution in [3.8, 4) is 0 Å². The van der Waals surface area contributed by atoms with Gasteiger partial charge in [0, 0.05) is 4.88 Å². The minimum Gasteiger partial charge on any atom is -0.462 e. The predicted octanol–water partition coefficient (Wildman–Crippen LogP) is 2.99. The number of amides is 4. The second-order valence-corrected chi connectivity index (χ2v) is 8.55. The van der Waals surface area contributed by atoms with Gasteiger partial charge >= 0.3 is 12.0 Å². The molecule has 1 aliphatic carbocycles. The number of carbonyl (C=O) groups excluding carboxylic acids is 4. The number of hydrogen-bond donors (Lipinski definition) is 2. The summed E-state index contributed by atoms with van der Waals surface area (Å²) in [5.74, 6) is -1.34. The Morgan fingerprint density at radius 3 is 2.52 bits per heavy atom. The monoisotopic (exact) mass is 421 g/mol. The number of hydrogen-bond acceptors (Lipinski definition) is 6. The third-order valence-electron chi connectivity index (χ3n) is 5.55. The number of nitrogens with zero attached hydrogens (tertiary/aromatic N) is 1. The molecule has 1 spiro atoms. The van der Waals surface area contributed by atoms with Crippen molar-refractivity contribution < 1.29 is 23.9 Å². The smallest absolute Gasteiger partial charge is 0.341 e. The number of ether oxygens (including phenoxy) is 1. The van der Waals surface area contributed by atoms with E-state index in [4.69, 9.17) is 4.74 Å². The quantitative estimate of drug-likeness (QED) is 0.543. The highest BCUT2D eigenvalue weighted by Gasteiger charge is 2.51. The van der Waals surface area contributed by atoms with Crippen LogP contribution < -0.4 is 10.6 Å². The molecule has 9 heteroatoms. The van der Waals surface area contributed by atoms with Crippen LogP contribution in [0.4, 0.5) is 9.80 Å². The Hall–Kier alpha value is -2.42. The van der Waals surface area contributed by atoms with Crippen LogP contribution in [0.5, 0.6) is 0 Å². The van der Waals surface area contributed by atoms with Crippen LogP contribution in [0.1, 0.15) is 66.8 Å². The van der Waals surface area contributed by atoms with E-state index >= 15 is 0 Å². The maximum atomic E-state index is 12.8. The van der Waals surface area contributed by atoms with Gasteiger partial charge < -0.3 is 15.4 Å². The van der Waals surface area contributed by atoms with Gasteiger partial charge in [0.15, 0.2) is 0 Å². The number of imide groups is 1. The zero-order chi connectivity index (χ0) is 21.2. The summed E-state index contributed by atoms with van der Waals surface area (Å²) in [7, 11) is 0. The van der Waals surface area contributed by atoms with Gasteiger partial charge in [-0.25, -0.2) is 9.59 Å². The molecule has 8 nitrogen and oxygen atoms in total. The van der Waals surface area contributed by atoms with Gasteiger partial charge in [-0.05, 0) is 38.7 Å². The number of esters is 1. The lowest BCUT2D eigenvalue weighted by Gasteiger charge is -2.30. The van der Waals surface area contributed by atoms with Crippen LogP contribution in [0.2, 0.25) is 0 Å². The van der Waals surface area contributed by atoms with Gasteiger partial charge in [-0.15, -0.1) is 11.3 Å². The van der Waals surface area contributed by atoms with E-state index in [9.17, 15) is 19.2 Å². The molecule has 1 saturated heterocycles. The molecule has 3 rings (SSSR count). The molecule has 1 aliphatic heterocycles. The van der Waals surface area contributed by atoms with Crippen molar-refractivity contribution in [3.05, 3.63) is 16.0 Å². The first-order valence-corrected chi connectivity index (χ1v) is 10.9. The van der Waals surface area contributed by atoms with Gasteiger partial charge in [0.25, 0.3) is 5.91 Å². The topological polar surface area (TPSA) is 105 Å². The molecule has 2 aliphatic rings. The molecule has 1 aromatic heterocycles. The lowest BCUT2D eigenvalue weighted by atomic mass is 9.82. The van der Waals surface area contributed by atoms with Gasteiger partial charge in [0.05, 0.1) is 12.2 Å². The van der Waals surface area contributed by atoms with E-state index in [0.717, 1.165) is 34.6 Å². The Labute approximate surface area is 174 Å². The highest BCUT2D eigenvalue weighted by molar-refractivity contribution is 7.17. The molecule has 158 valence electrons. The number of carbonyl (C=O) groups is 4. The predicted molar refractivity (Wildman–Crippen MR) is 109 cm³/mol. The third-order valence-corrected chi connectivity index (χ3v) is 6.91. The molecule has 0 unspecified atom stereocenters. The summed E-state index contributed by atoms with van der Waals surface area (Å²) in [5.41, 5.74) is 0.256. The van der Waals surface area contributed by atoms with Crippen LogP contribution in [0, 0.1) is 6.92 Å². The summed E-state index contributed by atoms with van der Waals surface area (Å²) in [5, 5.41) is 5.89. The van der Waals surface area contributed by atoms with Gasteiger partial charge in [-0.1, -0.05) is 26.2 Å². The van der Waals surface area contributed by atoms with E-state index in [-0.39, 0.29) is 19.1 Å². The van der Waals surface area contributed by atoms with Crippen molar-refractivity contribution >= 4 is 40.2 Å². The number of anilines is 1. The van der Waals surface area contributed by atoms with Crippen molar-refractivity contribution in [2.45, 2.75) is 64.8 Å². The number of urea groups is 1. The number of aryl methyl sites for hydroxylation is 1. The molecular formula is C20H27N3O5S. The lowest BCUT2D eigenvalue weighted by molar-refractivity contribution is -0.134. The Bertz CT molecular complexity index is 841. The van der Waals surface area contributed by atoms with E-state index < -0.39 is 23.4 Å². The third kappa shape index (κ3) is 4.01. The molecule has 0 aromatic carbocycles. The first-order valence-electron chi connectivity index (χ1n) is 10.1. The van der Waals surface area contributed by atoms with Gasteiger partial charge in [-0.3, -0.25) is 14.5 Å². The second-order valence-electron chi connectivity index (χ2n) is 7.44. The molecule has 2 heterocycles. The molecule has 2 fully saturated rings. The minimum atomic E-state index is -0.861. The second kappa shape index (κ2) is 8.52. The van der Waals surface area contributed by atoms with Crippen LogP contribution in [-0.4, -0.2) is 47.4 Å². The van der Waals surface area contributed by atoms with Gasteiger partial charge in [-0.2, -0.15) is 0 Å². The SMILES string of the molecule is CCOC(=O)c1c(NC(=O)CN2C(=O)NC3(CCCCC3)C2=O)sc(CC)c1C. The Morgan fingerprint density at radius 1 is 1.21 bits per heavy atom. The minimum absolute atomic E-state index is 0.230. The Balaban J connectivity index is 1.75. The maximum Gasteiger partial charge on any atom is 0.341 e. The summed E-state index contributed by atoms with van der Waals surface area (Å²) in [6.45, 7) is 5.36. The standard InChI is InChI=1S/C20H27N3O5S/c1-4-13-12(3)15(17(25)28-5-2)16(29-13)21-14(24)11-23-18(26)20(22-19(23)27)9-7-6-8-10-20/h4-11H2,1-3H3,(H,21,24)(H,22,27). The van der Waals surface area contributed by atoms with Crippen LogP contribution in [0.3, 0.4) is 0 Å². The number of nitrogens with one attached hydrogen (secondary N) is 2. The zero-order valence-corrected chi connectivity index (χ0v) is 17.9. The fourth-order valence-electron chi connectivity index (χ4n) is 4.06. The largest absolute Gasteiger partial charge is 0.462 e. The first kappa shape index (κ1) is 21.3. The van der Waals surface area contributed by atoms with Crippen molar-refractivity contribution in [1.29, 1.82) is 0 Å². The van der Waals surface area contributed by atoms with E-state index in [1.54, 1.807) is 6.92 Å². The van der Waals surface area contributed by atoms with E-state index in [1.165, 1.54) is 11.3 Å². The molecule has 0 atom stereocenters. The van der Waals surface area contributed by atoms with Crippen LogP contribution in [0.15, 0.2) is 0 Å². The van der Waals surface area contributed by atoms with Crippen molar-refractivity contribution in [1.82, 2.24) is 10.2 Å². The van der Waals surface area contributed by atoms with Crippen LogP contribution >= 0.6 is 11.3 Å². The molecule has 4 amide bonds. The van der Waals surface area contributed by atoms with E-state index in [0.29, 0.717) is 29.8 Å². The molecule has 1 saturated carbocycles. The molecular weight excluding hydrogens is 394 g/mol. The Morgan fingerprint density at radius 2 is 1.90 bits per heavy atom. The summed E-state index contributed by atoms with van der Waals surface area (Å²) < 4.78 is 5.12. The molecule has 1 aromatic rings. The molecule has 0 radical (unpaired) electrons. The lowest BCUT2D eigenvalue weighted by Crippen LogP contribution is -2.48. The molecule has 29 heavy (non-hydrogen) atoms. The van der Waals surface area contributed by atoms with Crippen molar-refractivity contribution in [3.63, 3.8) is 0 Å². The fraction of sp³-hybridized carbons (Fsp3) is 0.600. The highest BCUT2D eigenvalue weighted by Crippen LogP contribution is 2.35. The van der Waals surface area contributed by atoms with Crippen molar-refractivity contribution in [2.75, 3.05) is 18.5 Å². The number of rotatable bonds is 6. The summed E-state index contributed by atoms with van der Waals surface area (Å²) in [4.78, 5) is 52.1. The van der Waals surface area contributed by atoms with Gasteiger partial charge in [0.1, 0.15) is 17.1 Å². The normalized spacial score (nSPS) is 18.1. The zero-order valence-electron chi connectivity index (χ0n) is 17.1. The summed E-state index contributed by atoms with van der Waals surface area (Å²) in [6.07, 6.45) is 4.72. The Kier molecular flexibility index (Phi) is 6.26. The van der Waals surface area contributed by atoms with E-state index in [1.807, 2.05) is 13.8 Å². The maximum absolute atomic E-state index is 12.8. The molecule has 0 bridgehead atoms.